The van der Waals surface area contributed by atoms with Gasteiger partial charge in [-0.15, -0.1) is 0 Å². The van der Waals surface area contributed by atoms with Gasteiger partial charge in [0.15, 0.2) is 0 Å². The second-order valence-electron chi connectivity index (χ2n) is 12.7. The second-order valence-corrected chi connectivity index (χ2v) is 12.7. The van der Waals surface area contributed by atoms with Crippen molar-refractivity contribution < 1.29 is 28.4 Å². The van der Waals surface area contributed by atoms with Crippen molar-refractivity contribution in [3.05, 3.63) is 107 Å². The number of aryl methyl sites for hydroxylation is 1. The van der Waals surface area contributed by atoms with Crippen molar-refractivity contribution in [2.24, 2.45) is 5.92 Å². The molecule has 0 fully saturated rings. The van der Waals surface area contributed by atoms with Gasteiger partial charge >= 0.3 is 5.97 Å². The zero-order valence-electron chi connectivity index (χ0n) is 27.3. The number of ether oxygens (including phenoxy) is 2. The van der Waals surface area contributed by atoms with E-state index in [-0.39, 0.29) is 17.9 Å². The summed E-state index contributed by atoms with van der Waals surface area (Å²) in [5, 5.41) is 9.84. The van der Waals surface area contributed by atoms with Gasteiger partial charge in [-0.2, -0.15) is 0 Å². The van der Waals surface area contributed by atoms with Crippen LogP contribution in [-0.4, -0.2) is 40.6 Å². The summed E-state index contributed by atoms with van der Waals surface area (Å²) >= 11 is 0. The SMILES string of the molecule is Cc1onc(-c2ccccc2)c1C(=O)N[C@@H](CC(C)C)C(=O)N[C@@H](Cc1ccc(OCc2ccccc2)cc1)C(=O)OC(C)(C)C. The highest BCUT2D eigenvalue weighted by molar-refractivity contribution is 6.03. The molecule has 0 bridgehead atoms. The average Bonchev–Trinajstić information content (AvgIpc) is 3.41. The third kappa shape index (κ3) is 9.79. The predicted octanol–water partition coefficient (Wildman–Crippen LogP) is 6.44. The van der Waals surface area contributed by atoms with Crippen LogP contribution in [0.1, 0.15) is 68.3 Å². The maximum atomic E-state index is 13.8. The molecule has 4 aromatic rings. The van der Waals surface area contributed by atoms with E-state index in [9.17, 15) is 14.4 Å². The fourth-order valence-electron chi connectivity index (χ4n) is 4.90. The van der Waals surface area contributed by atoms with Crippen LogP contribution in [-0.2, 0) is 27.4 Å². The van der Waals surface area contributed by atoms with E-state index in [1.165, 1.54) is 0 Å². The minimum absolute atomic E-state index is 0.0663. The Morgan fingerprint density at radius 1 is 0.826 bits per heavy atom. The summed E-state index contributed by atoms with van der Waals surface area (Å²) in [5.74, 6) is -0.459. The van der Waals surface area contributed by atoms with Gasteiger partial charge in [-0.05, 0) is 63.3 Å². The highest BCUT2D eigenvalue weighted by Crippen LogP contribution is 2.25. The van der Waals surface area contributed by atoms with Gasteiger partial charge in [0, 0.05) is 12.0 Å². The molecule has 0 spiro atoms. The lowest BCUT2D eigenvalue weighted by Crippen LogP contribution is -2.53. The van der Waals surface area contributed by atoms with Crippen LogP contribution in [0.25, 0.3) is 11.3 Å². The van der Waals surface area contributed by atoms with Gasteiger partial charge in [0.1, 0.15) is 47.1 Å². The predicted molar refractivity (Wildman–Crippen MR) is 176 cm³/mol. The number of carbonyl (C=O) groups excluding carboxylic acids is 3. The van der Waals surface area contributed by atoms with Crippen molar-refractivity contribution in [2.45, 2.75) is 78.7 Å². The van der Waals surface area contributed by atoms with Gasteiger partial charge in [0.2, 0.25) is 5.91 Å². The van der Waals surface area contributed by atoms with E-state index >= 15 is 0 Å². The van der Waals surface area contributed by atoms with Crippen molar-refractivity contribution in [1.29, 1.82) is 0 Å². The molecule has 3 aromatic carbocycles. The average molecular weight is 626 g/mol. The van der Waals surface area contributed by atoms with E-state index in [4.69, 9.17) is 14.0 Å². The van der Waals surface area contributed by atoms with Crippen molar-refractivity contribution in [2.75, 3.05) is 0 Å². The molecule has 2 N–H and O–H groups in total. The monoisotopic (exact) mass is 625 g/mol. The summed E-state index contributed by atoms with van der Waals surface area (Å²) < 4.78 is 16.9. The van der Waals surface area contributed by atoms with Gasteiger partial charge in [-0.25, -0.2) is 4.79 Å². The van der Waals surface area contributed by atoms with Crippen molar-refractivity contribution in [1.82, 2.24) is 15.8 Å². The Kier molecular flexibility index (Phi) is 11.4. The Balaban J connectivity index is 1.50. The number of benzene rings is 3. The molecule has 0 saturated heterocycles. The van der Waals surface area contributed by atoms with E-state index in [0.717, 1.165) is 16.7 Å². The third-order valence-electron chi connectivity index (χ3n) is 7.09. The first kappa shape index (κ1) is 34.0. The highest BCUT2D eigenvalue weighted by Gasteiger charge is 2.32. The van der Waals surface area contributed by atoms with Gasteiger partial charge < -0.3 is 24.6 Å². The summed E-state index contributed by atoms with van der Waals surface area (Å²) in [6, 6.07) is 24.5. The maximum absolute atomic E-state index is 13.8. The van der Waals surface area contributed by atoms with Crippen LogP contribution >= 0.6 is 0 Å². The number of hydrogen-bond acceptors (Lipinski definition) is 7. The number of carbonyl (C=O) groups is 3. The third-order valence-corrected chi connectivity index (χ3v) is 7.09. The van der Waals surface area contributed by atoms with Crippen LogP contribution < -0.4 is 15.4 Å². The van der Waals surface area contributed by atoms with Crippen LogP contribution in [0.3, 0.4) is 0 Å². The van der Waals surface area contributed by atoms with Crippen LogP contribution in [0.2, 0.25) is 0 Å². The zero-order chi connectivity index (χ0) is 33.3. The lowest BCUT2D eigenvalue weighted by Gasteiger charge is -2.27. The molecule has 9 heteroatoms. The fraction of sp³-hybridized carbons (Fsp3) is 0.351. The lowest BCUT2D eigenvalue weighted by atomic mass is 10.00. The Morgan fingerprint density at radius 2 is 1.46 bits per heavy atom. The molecule has 2 atom stereocenters. The van der Waals surface area contributed by atoms with Gasteiger partial charge in [0.05, 0.1) is 0 Å². The van der Waals surface area contributed by atoms with Crippen molar-refractivity contribution in [3.63, 3.8) is 0 Å². The standard InChI is InChI=1S/C37H43N3O6/c1-24(2)21-30(38-35(42)32-25(3)46-40-33(32)28-15-11-8-12-16-28)34(41)39-31(36(43)45-37(4,5)6)22-26-17-19-29(20-18-26)44-23-27-13-9-7-10-14-27/h7-20,24,30-31H,21-23H2,1-6H3,(H,38,42)(H,39,41)/t30-,31-/m0/s1. The van der Waals surface area contributed by atoms with Crippen LogP contribution in [0.4, 0.5) is 0 Å². The van der Waals surface area contributed by atoms with Crippen LogP contribution in [0.5, 0.6) is 5.75 Å². The van der Waals surface area contributed by atoms with Gasteiger partial charge in [-0.3, -0.25) is 9.59 Å². The Labute approximate surface area is 270 Å². The Morgan fingerprint density at radius 3 is 2.07 bits per heavy atom. The molecule has 4 rings (SSSR count). The maximum Gasteiger partial charge on any atom is 0.329 e. The largest absolute Gasteiger partial charge is 0.489 e. The smallest absolute Gasteiger partial charge is 0.329 e. The molecule has 0 unspecified atom stereocenters. The summed E-state index contributed by atoms with van der Waals surface area (Å²) in [6.45, 7) is 11.3. The topological polar surface area (TPSA) is 120 Å². The fourth-order valence-corrected chi connectivity index (χ4v) is 4.90. The van der Waals surface area contributed by atoms with Crippen molar-refractivity contribution >= 4 is 17.8 Å². The van der Waals surface area contributed by atoms with Crippen LogP contribution in [0, 0.1) is 12.8 Å². The van der Waals surface area contributed by atoms with Gasteiger partial charge in [0.25, 0.3) is 5.91 Å². The molecule has 0 aliphatic rings. The number of nitrogens with one attached hydrogen (secondary N) is 2. The molecule has 0 aliphatic heterocycles. The zero-order valence-corrected chi connectivity index (χ0v) is 27.3. The van der Waals surface area contributed by atoms with E-state index < -0.39 is 35.5 Å². The molecule has 0 saturated carbocycles. The number of amides is 2. The quantitative estimate of drug-likeness (QED) is 0.164. The molecule has 242 valence electrons. The number of esters is 1. The number of rotatable bonds is 13. The summed E-state index contributed by atoms with van der Waals surface area (Å²) in [7, 11) is 0. The molecule has 0 aliphatic carbocycles. The first-order chi connectivity index (χ1) is 21.9. The first-order valence-corrected chi connectivity index (χ1v) is 15.5. The second kappa shape index (κ2) is 15.4. The molecule has 2 amide bonds. The minimum atomic E-state index is -0.994. The number of hydrogen-bond donors (Lipinski definition) is 2. The summed E-state index contributed by atoms with van der Waals surface area (Å²) in [5.41, 5.74) is 2.46. The molecule has 9 nitrogen and oxygen atoms in total. The molecular formula is C37H43N3O6. The molecule has 0 radical (unpaired) electrons. The van der Waals surface area contributed by atoms with E-state index in [2.05, 4.69) is 15.8 Å². The van der Waals surface area contributed by atoms with E-state index in [0.29, 0.717) is 30.2 Å². The van der Waals surface area contributed by atoms with Gasteiger partial charge in [-0.1, -0.05) is 91.8 Å². The van der Waals surface area contributed by atoms with E-state index in [1.54, 1.807) is 27.7 Å². The van der Waals surface area contributed by atoms with E-state index in [1.807, 2.05) is 98.8 Å². The summed E-state index contributed by atoms with van der Waals surface area (Å²) in [6.07, 6.45) is 0.530. The number of nitrogens with zero attached hydrogens (tertiary/aromatic N) is 1. The summed E-state index contributed by atoms with van der Waals surface area (Å²) in [4.78, 5) is 40.7. The molecule has 1 heterocycles. The lowest BCUT2D eigenvalue weighted by molar-refractivity contribution is -0.158. The normalized spacial score (nSPS) is 12.7. The van der Waals surface area contributed by atoms with Crippen LogP contribution in [0.15, 0.2) is 89.5 Å². The first-order valence-electron chi connectivity index (χ1n) is 15.5. The number of aromatic nitrogens is 1. The highest BCUT2D eigenvalue weighted by atomic mass is 16.6. The minimum Gasteiger partial charge on any atom is -0.489 e. The molecule has 1 aromatic heterocycles. The van der Waals surface area contributed by atoms with Crippen molar-refractivity contribution in [3.8, 4) is 17.0 Å². The Hall–Kier alpha value is -4.92. The Bertz CT molecular complexity index is 1590. The molecular weight excluding hydrogens is 582 g/mol. The molecule has 46 heavy (non-hydrogen) atoms.